The summed E-state index contributed by atoms with van der Waals surface area (Å²) in [6.45, 7) is 4.51. The number of β-lactam (4-membered cyclic amide) rings is 1. The summed E-state index contributed by atoms with van der Waals surface area (Å²) in [5.41, 5.74) is -1.57. The molecule has 5 nitrogen and oxygen atoms in total. The van der Waals surface area contributed by atoms with Crippen molar-refractivity contribution in [3.8, 4) is 0 Å². The van der Waals surface area contributed by atoms with Gasteiger partial charge in [-0.15, -0.1) is 11.8 Å². The number of carbonyl (C=O) groups excluding carboxylic acids is 1. The van der Waals surface area contributed by atoms with E-state index in [9.17, 15) is 33.0 Å². The molecule has 1 fully saturated rings. The molecule has 1 saturated heterocycles. The summed E-state index contributed by atoms with van der Waals surface area (Å²) in [6.07, 6.45) is -5.46. The van der Waals surface area contributed by atoms with Gasteiger partial charge < -0.3 is 10.2 Å². The summed E-state index contributed by atoms with van der Waals surface area (Å²) in [7, 11) is 0. The lowest BCUT2D eigenvalue weighted by Gasteiger charge is -2.54. The number of carboxylic acid groups (broad SMARTS) is 1. The Morgan fingerprint density at radius 2 is 2.05 bits per heavy atom. The second-order valence-electron chi connectivity index (χ2n) is 5.79. The first-order chi connectivity index (χ1) is 9.93. The van der Waals surface area contributed by atoms with Gasteiger partial charge in [-0.2, -0.15) is 13.2 Å². The number of thioether (sulfide) groups is 1. The molecule has 0 spiro atoms. The Labute approximate surface area is 129 Å². The largest absolute Gasteiger partial charge is 0.477 e. The van der Waals surface area contributed by atoms with Gasteiger partial charge in [0.25, 0.3) is 0 Å². The number of alkyl halides is 3. The molecule has 0 aromatic heterocycles. The van der Waals surface area contributed by atoms with E-state index in [1.165, 1.54) is 13.8 Å². The number of carbonyl (C=O) groups is 2. The van der Waals surface area contributed by atoms with Crippen LogP contribution in [0.3, 0.4) is 0 Å². The summed E-state index contributed by atoms with van der Waals surface area (Å²) in [4.78, 5) is 24.7. The molecule has 124 valence electrons. The van der Waals surface area contributed by atoms with Crippen LogP contribution in [-0.2, 0) is 9.59 Å². The van der Waals surface area contributed by atoms with Crippen LogP contribution in [0.5, 0.6) is 0 Å². The van der Waals surface area contributed by atoms with E-state index in [1.54, 1.807) is 6.92 Å². The molecule has 2 N–H and O–H groups in total. The molecule has 22 heavy (non-hydrogen) atoms. The van der Waals surface area contributed by atoms with Gasteiger partial charge in [0, 0.05) is 10.8 Å². The molecule has 0 saturated carbocycles. The van der Waals surface area contributed by atoms with E-state index in [4.69, 9.17) is 0 Å². The molecular formula is C13H16F3NO4S. The van der Waals surface area contributed by atoms with Gasteiger partial charge in [0.05, 0.1) is 23.3 Å². The predicted octanol–water partition coefficient (Wildman–Crippen LogP) is 1.83. The maximum Gasteiger partial charge on any atom is 0.398 e. The topological polar surface area (TPSA) is 77.8 Å². The highest BCUT2D eigenvalue weighted by molar-refractivity contribution is 8.03. The molecule has 0 aliphatic carbocycles. The molecule has 2 heterocycles. The highest BCUT2D eigenvalue weighted by Crippen LogP contribution is 2.56. The van der Waals surface area contributed by atoms with Gasteiger partial charge in [0.2, 0.25) is 5.91 Å². The highest BCUT2D eigenvalue weighted by atomic mass is 32.2. The lowest BCUT2D eigenvalue weighted by Crippen LogP contribution is -2.70. The van der Waals surface area contributed by atoms with E-state index in [1.807, 2.05) is 0 Å². The Bertz CT molecular complexity index is 560. The van der Waals surface area contributed by atoms with Crippen LogP contribution in [0.15, 0.2) is 10.6 Å². The Hall–Kier alpha value is -1.22. The standard InChI is InChI=1S/C13H16F3NO4S/c1-5-8(22-4-13(14,15)16)7(10(19)20)17-9(5)12(3,6(2)18)11(17)21/h5-6,9,18H,4H2,1-3H3,(H,19,20)/t5-,6+,9+,12+/m0/s1. The van der Waals surface area contributed by atoms with Crippen LogP contribution >= 0.6 is 11.8 Å². The molecular weight excluding hydrogens is 323 g/mol. The summed E-state index contributed by atoms with van der Waals surface area (Å²) in [5.74, 6) is -3.79. The molecule has 2 aliphatic rings. The van der Waals surface area contributed by atoms with Crippen LogP contribution in [-0.4, -0.2) is 51.1 Å². The van der Waals surface area contributed by atoms with Gasteiger partial charge >= 0.3 is 12.1 Å². The van der Waals surface area contributed by atoms with E-state index in [0.717, 1.165) is 4.90 Å². The number of aliphatic hydroxyl groups excluding tert-OH is 1. The van der Waals surface area contributed by atoms with Crippen molar-refractivity contribution in [2.45, 2.75) is 39.1 Å². The second kappa shape index (κ2) is 5.16. The van der Waals surface area contributed by atoms with Crippen LogP contribution in [0, 0.1) is 11.3 Å². The Kier molecular flexibility index (Phi) is 4.02. The molecule has 0 unspecified atom stereocenters. The SMILES string of the molecule is C[C@H]1C(SCC(F)(F)F)=C(C(=O)O)N2C(=O)[C@](C)([C@@H](C)O)[C@@H]12. The fourth-order valence-corrected chi connectivity index (χ4v) is 4.20. The number of carboxylic acids is 1. The van der Waals surface area contributed by atoms with Crippen molar-refractivity contribution in [3.05, 3.63) is 10.6 Å². The Balaban J connectivity index is 2.37. The minimum Gasteiger partial charge on any atom is -0.477 e. The van der Waals surface area contributed by atoms with E-state index in [0.29, 0.717) is 11.8 Å². The molecule has 0 aromatic rings. The van der Waals surface area contributed by atoms with Crippen molar-refractivity contribution in [3.63, 3.8) is 0 Å². The summed E-state index contributed by atoms with van der Waals surface area (Å²) in [5, 5.41) is 19.1. The minimum atomic E-state index is -4.43. The van der Waals surface area contributed by atoms with Crippen molar-refractivity contribution in [1.82, 2.24) is 4.90 Å². The summed E-state index contributed by atoms with van der Waals surface area (Å²) in [6, 6.07) is -0.637. The lowest BCUT2D eigenvalue weighted by molar-refractivity contribution is -0.181. The summed E-state index contributed by atoms with van der Waals surface area (Å²) < 4.78 is 37.3. The van der Waals surface area contributed by atoms with Crippen LogP contribution in [0.25, 0.3) is 0 Å². The molecule has 0 aromatic carbocycles. The average molecular weight is 339 g/mol. The fourth-order valence-electron chi connectivity index (χ4n) is 3.17. The van der Waals surface area contributed by atoms with Crippen molar-refractivity contribution >= 4 is 23.6 Å². The molecule has 2 aliphatic heterocycles. The number of halogens is 3. The number of nitrogens with zero attached hydrogens (tertiary/aromatic N) is 1. The number of rotatable bonds is 4. The fraction of sp³-hybridized carbons (Fsp3) is 0.692. The van der Waals surface area contributed by atoms with E-state index >= 15 is 0 Å². The van der Waals surface area contributed by atoms with Crippen molar-refractivity contribution in [2.75, 3.05) is 5.75 Å². The third-order valence-corrected chi connectivity index (χ3v) is 5.74. The zero-order valence-electron chi connectivity index (χ0n) is 12.1. The van der Waals surface area contributed by atoms with Crippen LogP contribution in [0.2, 0.25) is 0 Å². The third-order valence-electron chi connectivity index (χ3n) is 4.40. The van der Waals surface area contributed by atoms with Gasteiger partial charge in [0.15, 0.2) is 0 Å². The third kappa shape index (κ3) is 2.30. The number of hydrogen-bond acceptors (Lipinski definition) is 4. The number of aliphatic hydroxyl groups is 1. The van der Waals surface area contributed by atoms with E-state index in [-0.39, 0.29) is 4.91 Å². The van der Waals surface area contributed by atoms with E-state index < -0.39 is 53.0 Å². The smallest absolute Gasteiger partial charge is 0.398 e. The van der Waals surface area contributed by atoms with Crippen LogP contribution in [0.4, 0.5) is 13.2 Å². The van der Waals surface area contributed by atoms with Crippen LogP contribution < -0.4 is 0 Å². The zero-order chi connectivity index (χ0) is 17.0. The van der Waals surface area contributed by atoms with Gasteiger partial charge in [-0.25, -0.2) is 4.79 Å². The van der Waals surface area contributed by atoms with E-state index in [2.05, 4.69) is 0 Å². The molecule has 0 radical (unpaired) electrons. The van der Waals surface area contributed by atoms with Crippen molar-refractivity contribution in [1.29, 1.82) is 0 Å². The molecule has 2 rings (SSSR count). The highest BCUT2D eigenvalue weighted by Gasteiger charge is 2.67. The predicted molar refractivity (Wildman–Crippen MR) is 72.8 cm³/mol. The normalized spacial score (nSPS) is 32.9. The van der Waals surface area contributed by atoms with Crippen LogP contribution in [0.1, 0.15) is 20.8 Å². The number of fused-ring (bicyclic) bond motifs is 1. The minimum absolute atomic E-state index is 0.0348. The lowest BCUT2D eigenvalue weighted by atomic mass is 9.66. The van der Waals surface area contributed by atoms with Crippen molar-refractivity contribution < 1.29 is 33.0 Å². The monoisotopic (exact) mass is 339 g/mol. The first kappa shape index (κ1) is 17.1. The summed E-state index contributed by atoms with van der Waals surface area (Å²) >= 11 is 0.396. The van der Waals surface area contributed by atoms with Crippen molar-refractivity contribution in [2.24, 2.45) is 11.3 Å². The number of aliphatic carboxylic acids is 1. The number of amides is 1. The first-order valence-electron chi connectivity index (χ1n) is 6.61. The quantitative estimate of drug-likeness (QED) is 0.764. The molecule has 9 heteroatoms. The molecule has 1 amide bonds. The van der Waals surface area contributed by atoms with Gasteiger partial charge in [-0.1, -0.05) is 6.92 Å². The Morgan fingerprint density at radius 1 is 1.50 bits per heavy atom. The molecule has 0 bridgehead atoms. The van der Waals surface area contributed by atoms with Gasteiger partial charge in [0.1, 0.15) is 5.70 Å². The average Bonchev–Trinajstić information content (AvgIpc) is 2.65. The second-order valence-corrected chi connectivity index (χ2v) is 6.81. The number of hydrogen-bond donors (Lipinski definition) is 2. The van der Waals surface area contributed by atoms with Gasteiger partial charge in [-0.3, -0.25) is 9.69 Å². The first-order valence-corrected chi connectivity index (χ1v) is 7.60. The van der Waals surface area contributed by atoms with Gasteiger partial charge in [-0.05, 0) is 13.8 Å². The Morgan fingerprint density at radius 3 is 2.45 bits per heavy atom. The molecule has 4 atom stereocenters. The zero-order valence-corrected chi connectivity index (χ0v) is 13.0. The maximum atomic E-state index is 12.4. The maximum absolute atomic E-state index is 12.4.